The van der Waals surface area contributed by atoms with E-state index >= 15 is 0 Å². The minimum Gasteiger partial charge on any atom is -0.350 e. The SMILES string of the molecule is O=C(Nc1ccc(Cl)c([N+](=O)[O-])c1)c1cc2sccc2[nH]1. The van der Waals surface area contributed by atoms with Crippen LogP contribution < -0.4 is 5.32 Å². The molecule has 0 radical (unpaired) electrons. The minimum atomic E-state index is -0.595. The number of carbonyl (C=O) groups is 1. The van der Waals surface area contributed by atoms with E-state index in [1.54, 1.807) is 6.07 Å². The Hall–Kier alpha value is -2.38. The Morgan fingerprint density at radius 2 is 2.14 bits per heavy atom. The number of aromatic nitrogens is 1. The van der Waals surface area contributed by atoms with Crippen molar-refractivity contribution in [3.8, 4) is 0 Å². The first-order valence-electron chi connectivity index (χ1n) is 5.86. The largest absolute Gasteiger partial charge is 0.350 e. The fourth-order valence-corrected chi connectivity index (χ4v) is 2.87. The van der Waals surface area contributed by atoms with Gasteiger partial charge in [-0.05, 0) is 29.6 Å². The quantitative estimate of drug-likeness (QED) is 0.563. The van der Waals surface area contributed by atoms with Crippen LogP contribution in [0.2, 0.25) is 5.02 Å². The number of hydrogen-bond donors (Lipinski definition) is 2. The van der Waals surface area contributed by atoms with E-state index in [2.05, 4.69) is 10.3 Å². The number of amides is 1. The van der Waals surface area contributed by atoms with Gasteiger partial charge in [0.05, 0.1) is 15.1 Å². The molecular weight excluding hydrogens is 314 g/mol. The highest BCUT2D eigenvalue weighted by molar-refractivity contribution is 7.17. The predicted octanol–water partition coefficient (Wildman–Crippen LogP) is 4.04. The average molecular weight is 322 g/mol. The Labute approximate surface area is 127 Å². The molecule has 2 N–H and O–H groups in total. The summed E-state index contributed by atoms with van der Waals surface area (Å²) in [5.41, 5.74) is 1.35. The second-order valence-electron chi connectivity index (χ2n) is 4.26. The summed E-state index contributed by atoms with van der Waals surface area (Å²) in [5.74, 6) is -0.366. The van der Waals surface area contributed by atoms with E-state index in [9.17, 15) is 14.9 Å². The number of hydrogen-bond acceptors (Lipinski definition) is 4. The van der Waals surface area contributed by atoms with Gasteiger partial charge in [0, 0.05) is 11.8 Å². The highest BCUT2D eigenvalue weighted by Crippen LogP contribution is 2.28. The maximum Gasteiger partial charge on any atom is 0.289 e. The van der Waals surface area contributed by atoms with E-state index in [-0.39, 0.29) is 16.6 Å². The Kier molecular flexibility index (Phi) is 3.36. The molecule has 0 saturated heterocycles. The Morgan fingerprint density at radius 3 is 2.86 bits per heavy atom. The van der Waals surface area contributed by atoms with Gasteiger partial charge in [-0.25, -0.2) is 0 Å². The van der Waals surface area contributed by atoms with Gasteiger partial charge in [0.1, 0.15) is 10.7 Å². The van der Waals surface area contributed by atoms with Crippen LogP contribution in [0.3, 0.4) is 0 Å². The van der Waals surface area contributed by atoms with Crippen LogP contribution in [0.15, 0.2) is 35.7 Å². The molecule has 3 rings (SSSR count). The van der Waals surface area contributed by atoms with Gasteiger partial charge >= 0.3 is 0 Å². The van der Waals surface area contributed by atoms with Crippen molar-refractivity contribution in [1.82, 2.24) is 4.98 Å². The van der Waals surface area contributed by atoms with Gasteiger partial charge in [0.15, 0.2) is 0 Å². The van der Waals surface area contributed by atoms with Crippen molar-refractivity contribution in [3.05, 3.63) is 56.5 Å². The molecule has 2 heterocycles. The van der Waals surface area contributed by atoms with Gasteiger partial charge in [0.25, 0.3) is 11.6 Å². The van der Waals surface area contributed by atoms with Crippen LogP contribution in [0.4, 0.5) is 11.4 Å². The number of carbonyl (C=O) groups excluding carboxylic acids is 1. The van der Waals surface area contributed by atoms with Crippen LogP contribution in [0.5, 0.6) is 0 Å². The van der Waals surface area contributed by atoms with Crippen molar-refractivity contribution in [3.63, 3.8) is 0 Å². The average Bonchev–Trinajstić information content (AvgIpc) is 3.01. The lowest BCUT2D eigenvalue weighted by Gasteiger charge is -2.04. The molecule has 106 valence electrons. The molecule has 1 aromatic carbocycles. The second-order valence-corrected chi connectivity index (χ2v) is 5.61. The van der Waals surface area contributed by atoms with Gasteiger partial charge in [-0.3, -0.25) is 14.9 Å². The summed E-state index contributed by atoms with van der Waals surface area (Å²) in [5, 5.41) is 15.4. The molecule has 0 saturated carbocycles. The fraction of sp³-hybridized carbons (Fsp3) is 0. The number of nitrogens with zero attached hydrogens (tertiary/aromatic N) is 1. The van der Waals surface area contributed by atoms with Gasteiger partial charge in [-0.2, -0.15) is 0 Å². The smallest absolute Gasteiger partial charge is 0.289 e. The lowest BCUT2D eigenvalue weighted by atomic mass is 10.2. The van der Waals surface area contributed by atoms with Crippen molar-refractivity contribution < 1.29 is 9.72 Å². The van der Waals surface area contributed by atoms with Crippen molar-refractivity contribution in [2.45, 2.75) is 0 Å². The summed E-state index contributed by atoms with van der Waals surface area (Å²) in [6, 6.07) is 7.73. The number of halogens is 1. The van der Waals surface area contributed by atoms with E-state index < -0.39 is 4.92 Å². The van der Waals surface area contributed by atoms with Crippen molar-refractivity contribution >= 4 is 50.4 Å². The molecular formula is C13H8ClN3O3S. The highest BCUT2D eigenvalue weighted by Gasteiger charge is 2.15. The molecule has 0 fully saturated rings. The summed E-state index contributed by atoms with van der Waals surface area (Å²) in [6.07, 6.45) is 0. The number of anilines is 1. The number of nitro benzene ring substituents is 1. The third-order valence-electron chi connectivity index (χ3n) is 2.89. The topological polar surface area (TPSA) is 88.0 Å². The number of benzene rings is 1. The van der Waals surface area contributed by atoms with Gasteiger partial charge in [0.2, 0.25) is 0 Å². The molecule has 0 unspecified atom stereocenters. The lowest BCUT2D eigenvalue weighted by molar-refractivity contribution is -0.384. The van der Waals surface area contributed by atoms with Gasteiger partial charge in [-0.15, -0.1) is 11.3 Å². The molecule has 0 aliphatic carbocycles. The van der Waals surface area contributed by atoms with Gasteiger partial charge < -0.3 is 10.3 Å². The first-order chi connectivity index (χ1) is 10.0. The van der Waals surface area contributed by atoms with Crippen LogP contribution in [-0.4, -0.2) is 15.8 Å². The first-order valence-corrected chi connectivity index (χ1v) is 7.12. The van der Waals surface area contributed by atoms with Gasteiger partial charge in [-0.1, -0.05) is 11.6 Å². The van der Waals surface area contributed by atoms with Crippen LogP contribution >= 0.6 is 22.9 Å². The van der Waals surface area contributed by atoms with Crippen LogP contribution in [0, 0.1) is 10.1 Å². The van der Waals surface area contributed by atoms with Crippen LogP contribution in [-0.2, 0) is 0 Å². The van der Waals surface area contributed by atoms with Crippen LogP contribution in [0.1, 0.15) is 10.5 Å². The lowest BCUT2D eigenvalue weighted by Crippen LogP contribution is -2.12. The minimum absolute atomic E-state index is 0.0263. The van der Waals surface area contributed by atoms with E-state index in [0.29, 0.717) is 11.4 Å². The number of fused-ring (bicyclic) bond motifs is 1. The number of thiophene rings is 1. The molecule has 1 amide bonds. The number of H-pyrrole nitrogens is 1. The zero-order valence-corrected chi connectivity index (χ0v) is 12.0. The van der Waals surface area contributed by atoms with E-state index in [0.717, 1.165) is 10.2 Å². The van der Waals surface area contributed by atoms with Crippen molar-refractivity contribution in [2.24, 2.45) is 0 Å². The Bertz CT molecular complexity index is 827. The Balaban J connectivity index is 1.86. The monoisotopic (exact) mass is 321 g/mol. The number of nitro groups is 1. The number of nitrogens with one attached hydrogen (secondary N) is 2. The van der Waals surface area contributed by atoms with Crippen molar-refractivity contribution in [1.29, 1.82) is 0 Å². The molecule has 6 nitrogen and oxygen atoms in total. The van der Waals surface area contributed by atoms with Crippen molar-refractivity contribution in [2.75, 3.05) is 5.32 Å². The summed E-state index contributed by atoms with van der Waals surface area (Å²) in [4.78, 5) is 25.3. The third-order valence-corrected chi connectivity index (χ3v) is 4.07. The molecule has 0 aliphatic heterocycles. The van der Waals surface area contributed by atoms with Crippen LogP contribution in [0.25, 0.3) is 10.2 Å². The zero-order chi connectivity index (χ0) is 15.0. The molecule has 0 atom stereocenters. The maximum absolute atomic E-state index is 12.1. The van der Waals surface area contributed by atoms with E-state index in [4.69, 9.17) is 11.6 Å². The molecule has 0 aliphatic rings. The maximum atomic E-state index is 12.1. The normalized spacial score (nSPS) is 10.7. The van der Waals surface area contributed by atoms with E-state index in [1.807, 2.05) is 11.4 Å². The number of aromatic amines is 1. The molecule has 8 heteroatoms. The zero-order valence-electron chi connectivity index (χ0n) is 10.4. The molecule has 3 aromatic rings. The third kappa shape index (κ3) is 2.61. The first kappa shape index (κ1) is 13.6. The highest BCUT2D eigenvalue weighted by atomic mass is 35.5. The summed E-state index contributed by atoms with van der Waals surface area (Å²) < 4.78 is 0.974. The predicted molar refractivity (Wildman–Crippen MR) is 82.2 cm³/mol. The standard InChI is InChI=1S/C13H8ClN3O3S/c14-8-2-1-7(5-11(8)17(19)20)15-13(18)10-6-12-9(16-10)3-4-21-12/h1-6,16H,(H,15,18). The summed E-state index contributed by atoms with van der Waals surface area (Å²) in [6.45, 7) is 0. The summed E-state index contributed by atoms with van der Waals surface area (Å²) in [7, 11) is 0. The molecule has 0 spiro atoms. The molecule has 21 heavy (non-hydrogen) atoms. The fourth-order valence-electron chi connectivity index (χ4n) is 1.90. The number of rotatable bonds is 3. The second kappa shape index (κ2) is 5.19. The molecule has 2 aromatic heterocycles. The summed E-state index contributed by atoms with van der Waals surface area (Å²) >= 11 is 7.25. The molecule has 0 bridgehead atoms. The Morgan fingerprint density at radius 1 is 1.33 bits per heavy atom. The van der Waals surface area contributed by atoms with E-state index in [1.165, 1.54) is 29.5 Å².